The number of methoxy groups -OCH3 is 1. The van der Waals surface area contributed by atoms with Crippen LogP contribution >= 0.6 is 27.5 Å². The lowest BCUT2D eigenvalue weighted by atomic mass is 9.97. The number of ether oxygens (including phenoxy) is 1. The Morgan fingerprint density at radius 3 is 2.42 bits per heavy atom. The highest BCUT2D eigenvalue weighted by Gasteiger charge is 2.16. The minimum absolute atomic E-state index is 0.539. The number of halogens is 2. The summed E-state index contributed by atoms with van der Waals surface area (Å²) in [6.07, 6.45) is -0.744. The van der Waals surface area contributed by atoms with Crippen LogP contribution in [0.4, 0.5) is 0 Å². The maximum absolute atomic E-state index is 10.5. The molecule has 1 atom stereocenters. The Bertz CT molecular complexity index is 599. The summed E-state index contributed by atoms with van der Waals surface area (Å²) in [5.41, 5.74) is 2.48. The minimum Gasteiger partial charge on any atom is -0.497 e. The van der Waals surface area contributed by atoms with Crippen molar-refractivity contribution in [2.75, 3.05) is 7.11 Å². The van der Waals surface area contributed by atoms with E-state index in [4.69, 9.17) is 16.3 Å². The van der Waals surface area contributed by atoms with E-state index in [-0.39, 0.29) is 0 Å². The van der Waals surface area contributed by atoms with Gasteiger partial charge in [-0.3, -0.25) is 0 Å². The Labute approximate surface area is 126 Å². The predicted octanol–water partition coefficient (Wildman–Crippen LogP) is 4.50. The van der Waals surface area contributed by atoms with E-state index in [2.05, 4.69) is 15.9 Å². The smallest absolute Gasteiger partial charge is 0.119 e. The summed E-state index contributed by atoms with van der Waals surface area (Å²) in [4.78, 5) is 0. The van der Waals surface area contributed by atoms with E-state index in [1.54, 1.807) is 13.2 Å². The van der Waals surface area contributed by atoms with Crippen molar-refractivity contribution >= 4 is 27.5 Å². The van der Waals surface area contributed by atoms with Crippen molar-refractivity contribution in [1.29, 1.82) is 0 Å². The molecule has 0 aliphatic heterocycles. The van der Waals surface area contributed by atoms with E-state index in [1.165, 1.54) is 0 Å². The second kappa shape index (κ2) is 5.95. The molecule has 0 fully saturated rings. The van der Waals surface area contributed by atoms with Crippen LogP contribution in [-0.4, -0.2) is 12.2 Å². The van der Waals surface area contributed by atoms with Crippen LogP contribution in [0, 0.1) is 6.92 Å². The van der Waals surface area contributed by atoms with Gasteiger partial charge in [0, 0.05) is 15.1 Å². The van der Waals surface area contributed by atoms with Crippen molar-refractivity contribution in [3.05, 3.63) is 62.6 Å². The highest BCUT2D eigenvalue weighted by Crippen LogP contribution is 2.32. The average molecular weight is 342 g/mol. The van der Waals surface area contributed by atoms with Gasteiger partial charge in [0.1, 0.15) is 11.9 Å². The van der Waals surface area contributed by atoms with E-state index in [0.717, 1.165) is 21.3 Å². The molecule has 0 heterocycles. The topological polar surface area (TPSA) is 29.5 Å². The van der Waals surface area contributed by atoms with Gasteiger partial charge >= 0.3 is 0 Å². The molecule has 0 radical (unpaired) electrons. The standard InChI is InChI=1S/C15H14BrClO2/c1-9-7-11(19-2)4-6-12(9)15(18)13-5-3-10(16)8-14(13)17/h3-8,15,18H,1-2H3. The fraction of sp³-hybridized carbons (Fsp3) is 0.200. The lowest BCUT2D eigenvalue weighted by molar-refractivity contribution is 0.219. The van der Waals surface area contributed by atoms with Gasteiger partial charge in [0.25, 0.3) is 0 Å². The molecule has 0 amide bonds. The molecule has 1 unspecified atom stereocenters. The molecular weight excluding hydrogens is 328 g/mol. The Morgan fingerprint density at radius 2 is 1.84 bits per heavy atom. The van der Waals surface area contributed by atoms with Crippen molar-refractivity contribution in [3.63, 3.8) is 0 Å². The lowest BCUT2D eigenvalue weighted by Gasteiger charge is -2.16. The van der Waals surface area contributed by atoms with Crippen LogP contribution in [0.15, 0.2) is 40.9 Å². The van der Waals surface area contributed by atoms with E-state index >= 15 is 0 Å². The summed E-state index contributed by atoms with van der Waals surface area (Å²) in [6.45, 7) is 1.94. The van der Waals surface area contributed by atoms with Crippen LogP contribution in [-0.2, 0) is 0 Å². The van der Waals surface area contributed by atoms with Gasteiger partial charge < -0.3 is 9.84 Å². The third-order valence-electron chi connectivity index (χ3n) is 3.03. The van der Waals surface area contributed by atoms with E-state index < -0.39 is 6.10 Å². The van der Waals surface area contributed by atoms with E-state index in [1.807, 2.05) is 37.3 Å². The molecule has 0 aromatic heterocycles. The first-order valence-corrected chi connectivity index (χ1v) is 6.97. The number of hydrogen-bond acceptors (Lipinski definition) is 2. The van der Waals surface area contributed by atoms with E-state index in [0.29, 0.717) is 10.6 Å². The number of hydrogen-bond donors (Lipinski definition) is 1. The van der Waals surface area contributed by atoms with Crippen LogP contribution in [0.1, 0.15) is 22.8 Å². The number of aryl methyl sites for hydroxylation is 1. The summed E-state index contributed by atoms with van der Waals surface area (Å²) in [7, 11) is 1.62. The fourth-order valence-corrected chi connectivity index (χ4v) is 2.75. The first-order valence-electron chi connectivity index (χ1n) is 5.80. The quantitative estimate of drug-likeness (QED) is 0.890. The van der Waals surface area contributed by atoms with Gasteiger partial charge in [0.05, 0.1) is 7.11 Å². The van der Waals surface area contributed by atoms with Crippen molar-refractivity contribution in [2.45, 2.75) is 13.0 Å². The molecule has 0 bridgehead atoms. The van der Waals surface area contributed by atoms with Crippen LogP contribution in [0.3, 0.4) is 0 Å². The molecule has 100 valence electrons. The molecule has 19 heavy (non-hydrogen) atoms. The molecule has 2 nitrogen and oxygen atoms in total. The highest BCUT2D eigenvalue weighted by molar-refractivity contribution is 9.10. The summed E-state index contributed by atoms with van der Waals surface area (Å²) >= 11 is 9.52. The largest absolute Gasteiger partial charge is 0.497 e. The SMILES string of the molecule is COc1ccc(C(O)c2ccc(Br)cc2Cl)c(C)c1. The Kier molecular flexibility index (Phi) is 4.50. The summed E-state index contributed by atoms with van der Waals surface area (Å²) < 4.78 is 6.05. The van der Waals surface area contributed by atoms with Crippen molar-refractivity contribution in [2.24, 2.45) is 0 Å². The van der Waals surface area contributed by atoms with Gasteiger partial charge in [-0.2, -0.15) is 0 Å². The van der Waals surface area contributed by atoms with Crippen molar-refractivity contribution in [1.82, 2.24) is 0 Å². The predicted molar refractivity (Wildman–Crippen MR) is 80.9 cm³/mol. The first-order chi connectivity index (χ1) is 9.02. The molecule has 0 spiro atoms. The fourth-order valence-electron chi connectivity index (χ4n) is 1.97. The highest BCUT2D eigenvalue weighted by atomic mass is 79.9. The molecule has 0 aliphatic carbocycles. The lowest BCUT2D eigenvalue weighted by Crippen LogP contribution is -2.03. The molecule has 0 aliphatic rings. The first kappa shape index (κ1) is 14.4. The summed E-state index contributed by atoms with van der Waals surface area (Å²) in [5.74, 6) is 0.773. The summed E-state index contributed by atoms with van der Waals surface area (Å²) in [6, 6.07) is 11.0. The molecule has 4 heteroatoms. The van der Waals surface area contributed by atoms with Crippen molar-refractivity contribution < 1.29 is 9.84 Å². The van der Waals surface area contributed by atoms with Gasteiger partial charge in [0.2, 0.25) is 0 Å². The third kappa shape index (κ3) is 3.11. The Hall–Kier alpha value is -1.03. The van der Waals surface area contributed by atoms with Crippen LogP contribution in [0.25, 0.3) is 0 Å². The maximum atomic E-state index is 10.5. The molecule has 1 N–H and O–H groups in total. The number of benzene rings is 2. The van der Waals surface area contributed by atoms with Crippen molar-refractivity contribution in [3.8, 4) is 5.75 Å². The van der Waals surface area contributed by atoms with Gasteiger partial charge in [-0.15, -0.1) is 0 Å². The zero-order valence-electron chi connectivity index (χ0n) is 10.7. The molecular formula is C15H14BrClO2. The van der Waals surface area contributed by atoms with Gasteiger partial charge in [-0.1, -0.05) is 39.7 Å². The minimum atomic E-state index is -0.744. The van der Waals surface area contributed by atoms with Crippen LogP contribution in [0.5, 0.6) is 5.75 Å². The third-order valence-corrected chi connectivity index (χ3v) is 3.85. The molecule has 0 saturated heterocycles. The Morgan fingerprint density at radius 1 is 1.16 bits per heavy atom. The van der Waals surface area contributed by atoms with Gasteiger partial charge in [-0.25, -0.2) is 0 Å². The Balaban J connectivity index is 2.41. The van der Waals surface area contributed by atoms with Gasteiger partial charge in [0.15, 0.2) is 0 Å². The van der Waals surface area contributed by atoms with Crippen LogP contribution in [0.2, 0.25) is 5.02 Å². The maximum Gasteiger partial charge on any atom is 0.119 e. The molecule has 2 aromatic rings. The number of rotatable bonds is 3. The van der Waals surface area contributed by atoms with E-state index in [9.17, 15) is 5.11 Å². The monoisotopic (exact) mass is 340 g/mol. The molecule has 2 rings (SSSR count). The normalized spacial score (nSPS) is 12.3. The number of aliphatic hydroxyl groups is 1. The number of aliphatic hydroxyl groups excluding tert-OH is 1. The second-order valence-corrected chi connectivity index (χ2v) is 5.61. The average Bonchev–Trinajstić information content (AvgIpc) is 2.37. The zero-order valence-corrected chi connectivity index (χ0v) is 13.0. The zero-order chi connectivity index (χ0) is 14.0. The van der Waals surface area contributed by atoms with Crippen LogP contribution < -0.4 is 4.74 Å². The summed E-state index contributed by atoms with van der Waals surface area (Å²) in [5, 5.41) is 11.0. The van der Waals surface area contributed by atoms with Gasteiger partial charge in [-0.05, 0) is 42.3 Å². The molecule has 0 saturated carbocycles. The molecule has 2 aromatic carbocycles. The second-order valence-electron chi connectivity index (χ2n) is 4.29.